The molecular formula is C56H54Cl2N2O12. The highest BCUT2D eigenvalue weighted by Gasteiger charge is 2.25. The van der Waals surface area contributed by atoms with E-state index in [2.05, 4.69) is 179 Å². The molecule has 374 valence electrons. The van der Waals surface area contributed by atoms with Crippen molar-refractivity contribution in [2.75, 3.05) is 28.4 Å². The normalized spacial score (nSPS) is 11.1. The van der Waals surface area contributed by atoms with E-state index in [1.807, 2.05) is 12.1 Å². The Balaban J connectivity index is 0.000000772. The van der Waals surface area contributed by atoms with Crippen LogP contribution in [0.4, 0.5) is 0 Å². The molecule has 16 heteroatoms. The molecule has 0 amide bonds. The molecule has 6 aromatic carbocycles. The lowest BCUT2D eigenvalue weighted by Crippen LogP contribution is -2.68. The lowest BCUT2D eigenvalue weighted by molar-refractivity contribution is -2.00. The van der Waals surface area contributed by atoms with Crippen LogP contribution in [0.15, 0.2) is 182 Å². The van der Waals surface area contributed by atoms with Crippen LogP contribution in [0.2, 0.25) is 0 Å². The van der Waals surface area contributed by atoms with Crippen molar-refractivity contribution in [3.8, 4) is 90.3 Å². The molecule has 0 radical (unpaired) electrons. The van der Waals surface area contributed by atoms with Gasteiger partial charge in [0.15, 0.2) is 23.0 Å². The summed E-state index contributed by atoms with van der Waals surface area (Å²) >= 11 is 0. The summed E-state index contributed by atoms with van der Waals surface area (Å²) in [4.78, 5) is 0. The Hall–Kier alpha value is -6.92. The highest BCUT2D eigenvalue weighted by atomic mass is 35.7. The summed E-state index contributed by atoms with van der Waals surface area (Å²) in [7, 11) is -3.17. The second-order valence-corrected chi connectivity index (χ2v) is 17.6. The molecule has 0 unspecified atom stereocenters. The third kappa shape index (κ3) is 15.8. The molecule has 0 bridgehead atoms. The van der Waals surface area contributed by atoms with E-state index in [9.17, 15) is 0 Å². The van der Waals surface area contributed by atoms with E-state index in [0.29, 0.717) is 23.0 Å². The average molecular weight is 1020 g/mol. The third-order valence-corrected chi connectivity index (χ3v) is 11.6. The van der Waals surface area contributed by atoms with Crippen LogP contribution < -0.4 is 65.4 Å². The van der Waals surface area contributed by atoms with Crippen LogP contribution in [0.3, 0.4) is 0 Å². The smallest absolute Gasteiger partial charge is 0.213 e. The van der Waals surface area contributed by atoms with Crippen LogP contribution in [0.25, 0.3) is 67.3 Å². The molecule has 0 atom stereocenters. The van der Waals surface area contributed by atoms with Crippen molar-refractivity contribution in [2.24, 2.45) is 0 Å². The van der Waals surface area contributed by atoms with Gasteiger partial charge in [0, 0.05) is 59.4 Å². The van der Waals surface area contributed by atoms with Crippen LogP contribution in [-0.2, 0) is 13.1 Å². The van der Waals surface area contributed by atoms with Crippen LogP contribution in [0, 0.1) is 20.5 Å². The second-order valence-electron chi connectivity index (χ2n) is 16.1. The molecule has 14 nitrogen and oxygen atoms in total. The Labute approximate surface area is 423 Å². The lowest BCUT2D eigenvalue weighted by atomic mass is 9.98. The first-order valence-corrected chi connectivity index (χ1v) is 25.1. The van der Waals surface area contributed by atoms with Gasteiger partial charge in [-0.05, 0) is 108 Å². The first kappa shape index (κ1) is 54.4. The highest BCUT2D eigenvalue weighted by Crippen LogP contribution is 2.37. The summed E-state index contributed by atoms with van der Waals surface area (Å²) in [5, 5.41) is 0. The topological polar surface area (TPSA) is 229 Å². The zero-order chi connectivity index (χ0) is 51.7. The molecule has 0 aliphatic rings. The molecule has 2 heterocycles. The molecule has 2 aromatic heterocycles. The minimum Gasteiger partial charge on any atom is -0.493 e. The fourth-order valence-corrected chi connectivity index (χ4v) is 8.38. The van der Waals surface area contributed by atoms with Gasteiger partial charge in [-0.15, -0.1) is 20.5 Å². The van der Waals surface area contributed by atoms with Gasteiger partial charge in [-0.2, -0.15) is 9.13 Å². The number of benzene rings is 6. The fourth-order valence-electron chi connectivity index (χ4n) is 8.38. The summed E-state index contributed by atoms with van der Waals surface area (Å²) in [5.74, 6) is 2.85. The van der Waals surface area contributed by atoms with Gasteiger partial charge in [0.1, 0.15) is 13.1 Å². The van der Waals surface area contributed by atoms with Crippen molar-refractivity contribution in [1.82, 2.24) is 0 Å². The lowest BCUT2D eigenvalue weighted by Gasteiger charge is -2.17. The first-order chi connectivity index (χ1) is 34.6. The third-order valence-electron chi connectivity index (χ3n) is 11.6. The van der Waals surface area contributed by atoms with Crippen LogP contribution >= 0.6 is 0 Å². The SMILES string of the molecule is COc1ccc(-c2cc(-c3ccccc3)[n+](CCCCCC[n+]3c(-c4ccccc4)cc(-c4ccc(OC)c(OC)c4)cc3-c3ccccc3)c(-c3ccccc3)c2)cc1OC.[O-][Cl+3]([O-])([O-])[O-].[O-][Cl+3]([O-])([O-])[O-]. The molecule has 0 spiro atoms. The Bertz CT molecular complexity index is 2620. The quantitative estimate of drug-likeness (QED) is 0.0948. The summed E-state index contributed by atoms with van der Waals surface area (Å²) < 4.78 is 95.6. The Morgan fingerprint density at radius 3 is 0.778 bits per heavy atom. The van der Waals surface area contributed by atoms with Crippen molar-refractivity contribution in [3.05, 3.63) is 182 Å². The number of rotatable bonds is 17. The molecule has 0 saturated heterocycles. The van der Waals surface area contributed by atoms with Gasteiger partial charge in [0.2, 0.25) is 22.8 Å². The summed E-state index contributed by atoms with van der Waals surface area (Å²) in [6.07, 6.45) is 4.27. The predicted molar refractivity (Wildman–Crippen MR) is 251 cm³/mol. The number of hydrogen-bond acceptors (Lipinski definition) is 12. The number of halogens is 2. The monoisotopic (exact) mass is 1020 g/mol. The molecule has 0 fully saturated rings. The van der Waals surface area contributed by atoms with Crippen molar-refractivity contribution < 1.29 is 85.8 Å². The second kappa shape index (κ2) is 26.0. The average Bonchev–Trinajstić information content (AvgIpc) is 3.39. The van der Waals surface area contributed by atoms with Gasteiger partial charge < -0.3 is 18.9 Å². The van der Waals surface area contributed by atoms with Crippen molar-refractivity contribution in [1.29, 1.82) is 0 Å². The molecular weight excluding hydrogens is 964 g/mol. The Morgan fingerprint density at radius 2 is 0.542 bits per heavy atom. The predicted octanol–water partition coefficient (Wildman–Crippen LogP) is 3.05. The Morgan fingerprint density at radius 1 is 0.292 bits per heavy atom. The van der Waals surface area contributed by atoms with E-state index in [4.69, 9.17) is 56.2 Å². The Kier molecular flexibility index (Phi) is 19.6. The van der Waals surface area contributed by atoms with Crippen LogP contribution in [0.1, 0.15) is 25.7 Å². The molecule has 72 heavy (non-hydrogen) atoms. The van der Waals surface area contributed by atoms with E-state index < -0.39 is 20.5 Å². The minimum atomic E-state index is -4.94. The van der Waals surface area contributed by atoms with Gasteiger partial charge in [0.05, 0.1) is 28.4 Å². The fraction of sp³-hybridized carbons (Fsp3) is 0.179. The number of ether oxygens (including phenoxy) is 4. The van der Waals surface area contributed by atoms with Gasteiger partial charge in [-0.3, -0.25) is 0 Å². The summed E-state index contributed by atoms with van der Waals surface area (Å²) in [6.45, 7) is 1.77. The number of pyridine rings is 2. The van der Waals surface area contributed by atoms with E-state index in [1.165, 1.54) is 45.0 Å². The molecule has 8 aromatic rings. The zero-order valence-corrected chi connectivity index (χ0v) is 41.6. The molecule has 8 rings (SSSR count). The molecule has 0 aliphatic carbocycles. The summed E-state index contributed by atoms with van der Waals surface area (Å²) in [5.41, 5.74) is 13.8. The summed E-state index contributed by atoms with van der Waals surface area (Å²) in [6, 6.07) is 64.6. The number of unbranched alkanes of at least 4 members (excludes halogenated alkanes) is 3. The van der Waals surface area contributed by atoms with Crippen LogP contribution in [0.5, 0.6) is 23.0 Å². The maximum Gasteiger partial charge on any atom is 0.213 e. The number of methoxy groups -OCH3 is 4. The largest absolute Gasteiger partial charge is 0.493 e. The molecule has 0 aliphatic heterocycles. The van der Waals surface area contributed by atoms with Gasteiger partial charge in [-0.25, -0.2) is 37.3 Å². The van der Waals surface area contributed by atoms with Gasteiger partial charge in [0.25, 0.3) is 0 Å². The number of nitrogens with zero attached hydrogens (tertiary/aromatic N) is 2. The number of hydrogen-bond donors (Lipinski definition) is 0. The molecule has 0 saturated carbocycles. The van der Waals surface area contributed by atoms with E-state index in [0.717, 1.165) is 61.0 Å². The van der Waals surface area contributed by atoms with Crippen molar-refractivity contribution >= 4 is 0 Å². The van der Waals surface area contributed by atoms with Crippen molar-refractivity contribution in [3.63, 3.8) is 0 Å². The van der Waals surface area contributed by atoms with Crippen molar-refractivity contribution in [2.45, 2.75) is 38.8 Å². The highest BCUT2D eigenvalue weighted by molar-refractivity contribution is 5.77. The van der Waals surface area contributed by atoms with Gasteiger partial charge in [-0.1, -0.05) is 84.9 Å². The zero-order valence-electron chi connectivity index (χ0n) is 40.1. The maximum atomic E-state index is 8.49. The maximum absolute atomic E-state index is 8.49. The van der Waals surface area contributed by atoms with Crippen LogP contribution in [-0.4, -0.2) is 28.4 Å². The van der Waals surface area contributed by atoms with E-state index in [1.54, 1.807) is 28.4 Å². The number of aromatic nitrogens is 2. The minimum absolute atomic E-state index is 0.711. The van der Waals surface area contributed by atoms with E-state index >= 15 is 0 Å². The standard InChI is InChI=1S/C56H54N2O4.2ClHO4/c1-59-53-31-29-45(39-55(53)61-3)47-35-49(41-21-11-7-12-22-41)57(50(36-47)42-23-13-8-14-24-42)33-19-5-6-20-34-58-51(43-25-15-9-16-26-43)37-48(38-52(58)44-27-17-10-18-28-44)46-30-32-54(60-2)56(40-46)62-4;2*2-1(3,4)5/h7-18,21-32,35-40H,5-6,19-20,33-34H2,1-4H3;2*(H,2,3,4,5)/q+2;;/p-2. The van der Waals surface area contributed by atoms with Gasteiger partial charge >= 0.3 is 0 Å². The first-order valence-electron chi connectivity index (χ1n) is 22.6. The molecule has 0 N–H and O–H groups in total. The van der Waals surface area contributed by atoms with E-state index in [-0.39, 0.29) is 0 Å².